The van der Waals surface area contributed by atoms with E-state index >= 15 is 0 Å². The van der Waals surface area contributed by atoms with Crippen molar-refractivity contribution in [3.8, 4) is 0 Å². The van der Waals surface area contributed by atoms with Crippen molar-refractivity contribution in [2.75, 3.05) is 19.6 Å². The van der Waals surface area contributed by atoms with E-state index in [0.29, 0.717) is 32.5 Å². The highest BCUT2D eigenvalue weighted by Crippen LogP contribution is 2.20. The molecule has 0 aromatic heterocycles. The molecule has 3 amide bonds. The third kappa shape index (κ3) is 15.6. The normalized spacial score (nSPS) is 15.3. The molecule has 1 fully saturated rings. The summed E-state index contributed by atoms with van der Waals surface area (Å²) < 4.78 is 0. The van der Waals surface area contributed by atoms with Gasteiger partial charge >= 0.3 is 0 Å². The monoisotopic (exact) mass is 493 g/mol. The highest BCUT2D eigenvalue weighted by Gasteiger charge is 2.33. The van der Waals surface area contributed by atoms with Crippen LogP contribution in [0.1, 0.15) is 129 Å². The Balaban J connectivity index is 2.07. The van der Waals surface area contributed by atoms with Crippen molar-refractivity contribution in [1.82, 2.24) is 15.5 Å². The Kier molecular flexibility index (Phi) is 18.0. The number of rotatable bonds is 21. The lowest BCUT2D eigenvalue weighted by atomic mass is 10.0. The molecular formula is C28H51N3O4. The van der Waals surface area contributed by atoms with Crippen LogP contribution in [0, 0.1) is 0 Å². The maximum Gasteiger partial charge on any atom is 0.242 e. The standard InChI is InChI=1S/C28H51N3O4/c1-3-4-5-6-7-8-9-10-11-12-13-14-15-18-27(34)31-23-16-17-25(31)28(35)30-22-21-29-26(33)20-19-24(2)32/h25H,3-23H2,1-2H3,(H,29,33)(H,30,35). The first-order valence-corrected chi connectivity index (χ1v) is 14.3. The molecule has 7 heteroatoms. The van der Waals surface area contributed by atoms with Crippen LogP contribution in [0.25, 0.3) is 0 Å². The summed E-state index contributed by atoms with van der Waals surface area (Å²) in [6, 6.07) is -0.391. The molecule has 1 aliphatic rings. The van der Waals surface area contributed by atoms with E-state index in [9.17, 15) is 19.2 Å². The minimum Gasteiger partial charge on any atom is -0.354 e. The molecule has 7 nitrogen and oxygen atoms in total. The van der Waals surface area contributed by atoms with Gasteiger partial charge in [0.15, 0.2) is 0 Å². The lowest BCUT2D eigenvalue weighted by Gasteiger charge is -2.24. The number of nitrogens with one attached hydrogen (secondary N) is 2. The number of ketones is 1. The van der Waals surface area contributed by atoms with Gasteiger partial charge in [0.1, 0.15) is 11.8 Å². The fourth-order valence-corrected chi connectivity index (χ4v) is 4.66. The maximum atomic E-state index is 12.7. The van der Waals surface area contributed by atoms with Crippen LogP contribution >= 0.6 is 0 Å². The zero-order chi connectivity index (χ0) is 25.7. The molecule has 0 bridgehead atoms. The van der Waals surface area contributed by atoms with Crippen molar-refractivity contribution < 1.29 is 19.2 Å². The zero-order valence-corrected chi connectivity index (χ0v) is 22.5. The van der Waals surface area contributed by atoms with Crippen LogP contribution in [0.4, 0.5) is 0 Å². The molecule has 0 radical (unpaired) electrons. The van der Waals surface area contributed by atoms with Crippen molar-refractivity contribution >= 4 is 23.5 Å². The summed E-state index contributed by atoms with van der Waals surface area (Å²) in [6.07, 6.45) is 19.1. The third-order valence-electron chi connectivity index (χ3n) is 6.82. The predicted molar refractivity (Wildman–Crippen MR) is 141 cm³/mol. The summed E-state index contributed by atoms with van der Waals surface area (Å²) in [5.74, 6) is -0.259. The molecule has 1 saturated heterocycles. The van der Waals surface area contributed by atoms with Crippen LogP contribution in [0.15, 0.2) is 0 Å². The number of carbonyl (C=O) groups excluding carboxylic acids is 4. The van der Waals surface area contributed by atoms with Gasteiger partial charge in [-0.15, -0.1) is 0 Å². The summed E-state index contributed by atoms with van der Waals surface area (Å²) in [6.45, 7) is 5.01. The molecular weight excluding hydrogens is 442 g/mol. The van der Waals surface area contributed by atoms with Crippen molar-refractivity contribution in [2.45, 2.75) is 135 Å². The molecule has 0 aliphatic carbocycles. The molecule has 0 saturated carbocycles. The fraction of sp³-hybridized carbons (Fsp3) is 0.857. The molecule has 0 spiro atoms. The first-order valence-electron chi connectivity index (χ1n) is 14.3. The topological polar surface area (TPSA) is 95.6 Å². The van der Waals surface area contributed by atoms with E-state index in [1.807, 2.05) is 0 Å². The average Bonchev–Trinajstić information content (AvgIpc) is 3.33. The largest absolute Gasteiger partial charge is 0.354 e. The number of amides is 3. The smallest absolute Gasteiger partial charge is 0.242 e. The summed E-state index contributed by atoms with van der Waals surface area (Å²) in [7, 11) is 0. The second-order valence-corrected chi connectivity index (χ2v) is 10.1. The van der Waals surface area contributed by atoms with Gasteiger partial charge in [-0.2, -0.15) is 0 Å². The number of unbranched alkanes of at least 4 members (excludes halogenated alkanes) is 12. The summed E-state index contributed by atoms with van der Waals surface area (Å²) in [4.78, 5) is 49.5. The van der Waals surface area contributed by atoms with Crippen LogP contribution in [0.3, 0.4) is 0 Å². The van der Waals surface area contributed by atoms with E-state index in [1.54, 1.807) is 4.90 Å². The summed E-state index contributed by atoms with van der Waals surface area (Å²) in [5.41, 5.74) is 0. The number of carbonyl (C=O) groups is 4. The van der Waals surface area contributed by atoms with E-state index in [0.717, 1.165) is 19.3 Å². The minimum atomic E-state index is -0.391. The van der Waals surface area contributed by atoms with Crippen molar-refractivity contribution in [3.63, 3.8) is 0 Å². The van der Waals surface area contributed by atoms with E-state index in [-0.39, 0.29) is 36.3 Å². The Morgan fingerprint density at radius 3 is 1.83 bits per heavy atom. The van der Waals surface area contributed by atoms with Crippen LogP contribution in [0.2, 0.25) is 0 Å². The number of hydrogen-bond acceptors (Lipinski definition) is 4. The Labute approximate surface area is 213 Å². The zero-order valence-electron chi connectivity index (χ0n) is 22.5. The SMILES string of the molecule is CCCCCCCCCCCCCCCC(=O)N1CCCC1C(=O)NCCNC(=O)CCC(C)=O. The lowest BCUT2D eigenvalue weighted by Crippen LogP contribution is -2.47. The molecule has 35 heavy (non-hydrogen) atoms. The minimum absolute atomic E-state index is 0.0155. The second-order valence-electron chi connectivity index (χ2n) is 10.1. The van der Waals surface area contributed by atoms with Crippen LogP contribution in [-0.4, -0.2) is 54.1 Å². The van der Waals surface area contributed by atoms with Gasteiger partial charge < -0.3 is 20.3 Å². The van der Waals surface area contributed by atoms with Crippen molar-refractivity contribution in [1.29, 1.82) is 0 Å². The molecule has 202 valence electrons. The van der Waals surface area contributed by atoms with Gasteiger partial charge in [0.2, 0.25) is 17.7 Å². The summed E-state index contributed by atoms with van der Waals surface area (Å²) in [5, 5.41) is 5.53. The van der Waals surface area contributed by atoms with Crippen LogP contribution in [-0.2, 0) is 19.2 Å². The predicted octanol–water partition coefficient (Wildman–Crippen LogP) is 5.06. The molecule has 0 aromatic rings. The Morgan fingerprint density at radius 1 is 0.714 bits per heavy atom. The average molecular weight is 494 g/mol. The number of Topliss-reactive ketones (excluding diaryl/α,β-unsaturated/α-hetero) is 1. The molecule has 1 atom stereocenters. The quantitative estimate of drug-likeness (QED) is 0.218. The van der Waals surface area contributed by atoms with Crippen molar-refractivity contribution in [2.24, 2.45) is 0 Å². The van der Waals surface area contributed by atoms with Gasteiger partial charge in [0.05, 0.1) is 0 Å². The van der Waals surface area contributed by atoms with Gasteiger partial charge in [0.25, 0.3) is 0 Å². The number of likely N-dealkylation sites (tertiary alicyclic amines) is 1. The fourth-order valence-electron chi connectivity index (χ4n) is 4.66. The van der Waals surface area contributed by atoms with E-state index < -0.39 is 6.04 Å². The Morgan fingerprint density at radius 2 is 1.26 bits per heavy atom. The molecule has 2 N–H and O–H groups in total. The highest BCUT2D eigenvalue weighted by atomic mass is 16.2. The van der Waals surface area contributed by atoms with E-state index in [1.165, 1.54) is 77.6 Å². The second kappa shape index (κ2) is 20.3. The molecule has 1 aliphatic heterocycles. The van der Waals surface area contributed by atoms with Gasteiger partial charge in [-0.3, -0.25) is 14.4 Å². The number of nitrogens with zero attached hydrogens (tertiary/aromatic N) is 1. The molecule has 1 unspecified atom stereocenters. The van der Waals surface area contributed by atoms with E-state index in [4.69, 9.17) is 0 Å². The first kappa shape index (κ1) is 31.1. The van der Waals surface area contributed by atoms with Gasteiger partial charge in [-0.05, 0) is 26.2 Å². The molecule has 1 heterocycles. The van der Waals surface area contributed by atoms with Gasteiger partial charge in [0, 0.05) is 38.9 Å². The first-order chi connectivity index (χ1) is 17.0. The highest BCUT2D eigenvalue weighted by molar-refractivity contribution is 5.88. The third-order valence-corrected chi connectivity index (χ3v) is 6.82. The molecule has 1 rings (SSSR count). The summed E-state index contributed by atoms with van der Waals surface area (Å²) >= 11 is 0. The molecule has 0 aromatic carbocycles. The lowest BCUT2D eigenvalue weighted by molar-refractivity contribution is -0.138. The Bertz CT molecular complexity index is 623. The van der Waals surface area contributed by atoms with Crippen molar-refractivity contribution in [3.05, 3.63) is 0 Å². The van der Waals surface area contributed by atoms with E-state index in [2.05, 4.69) is 17.6 Å². The van der Waals surface area contributed by atoms with Gasteiger partial charge in [-0.1, -0.05) is 84.0 Å². The Hall–Kier alpha value is -1.92. The number of hydrogen-bond donors (Lipinski definition) is 2. The van der Waals surface area contributed by atoms with Crippen LogP contribution in [0.5, 0.6) is 0 Å². The van der Waals surface area contributed by atoms with Gasteiger partial charge in [-0.25, -0.2) is 0 Å². The van der Waals surface area contributed by atoms with Crippen LogP contribution < -0.4 is 10.6 Å². The maximum absolute atomic E-state index is 12.7.